The molecule has 3 heteroatoms. The van der Waals surface area contributed by atoms with Gasteiger partial charge in [0.2, 0.25) is 0 Å². The van der Waals surface area contributed by atoms with Gasteiger partial charge in [-0.05, 0) is 57.9 Å². The van der Waals surface area contributed by atoms with Crippen LogP contribution in [0.3, 0.4) is 0 Å². The Kier molecular flexibility index (Phi) is 9.18. The van der Waals surface area contributed by atoms with Gasteiger partial charge in [-0.15, -0.1) is 0 Å². The molecule has 1 rings (SSSR count). The van der Waals surface area contributed by atoms with E-state index in [1.165, 1.54) is 19.4 Å². The topological polar surface area (TPSA) is 23.6 Å². The van der Waals surface area contributed by atoms with Crippen LogP contribution in [0.5, 0.6) is 0 Å². The SMILES string of the molecule is CCC1CCC(=O)C(CN(CC)CCCN(CC)CC)C1. The number of hydrogen-bond donors (Lipinski definition) is 0. The summed E-state index contributed by atoms with van der Waals surface area (Å²) in [6, 6.07) is 0. The zero-order valence-electron chi connectivity index (χ0n) is 14.7. The van der Waals surface area contributed by atoms with E-state index in [0.717, 1.165) is 57.9 Å². The van der Waals surface area contributed by atoms with Crippen LogP contribution in [0.25, 0.3) is 0 Å². The van der Waals surface area contributed by atoms with Crippen molar-refractivity contribution in [3.05, 3.63) is 0 Å². The Labute approximate surface area is 132 Å². The maximum atomic E-state index is 12.1. The van der Waals surface area contributed by atoms with Crippen molar-refractivity contribution in [2.24, 2.45) is 11.8 Å². The monoisotopic (exact) mass is 296 g/mol. The molecule has 0 saturated heterocycles. The molecule has 1 aliphatic rings. The predicted octanol–water partition coefficient (Wildman–Crippen LogP) is 3.44. The largest absolute Gasteiger partial charge is 0.304 e. The Balaban J connectivity index is 2.36. The van der Waals surface area contributed by atoms with Gasteiger partial charge in [0.1, 0.15) is 5.78 Å². The molecule has 0 aromatic heterocycles. The molecule has 1 aliphatic carbocycles. The fourth-order valence-corrected chi connectivity index (χ4v) is 3.50. The lowest BCUT2D eigenvalue weighted by Crippen LogP contribution is -2.38. The van der Waals surface area contributed by atoms with Crippen LogP contribution < -0.4 is 0 Å². The summed E-state index contributed by atoms with van der Waals surface area (Å²) < 4.78 is 0. The van der Waals surface area contributed by atoms with Gasteiger partial charge in [-0.25, -0.2) is 0 Å². The van der Waals surface area contributed by atoms with Crippen LogP contribution in [0.2, 0.25) is 0 Å². The molecule has 21 heavy (non-hydrogen) atoms. The molecule has 0 bridgehead atoms. The van der Waals surface area contributed by atoms with E-state index in [2.05, 4.69) is 37.5 Å². The molecule has 124 valence electrons. The maximum absolute atomic E-state index is 12.1. The summed E-state index contributed by atoms with van der Waals surface area (Å²) in [5.41, 5.74) is 0. The van der Waals surface area contributed by atoms with Crippen LogP contribution in [0, 0.1) is 11.8 Å². The van der Waals surface area contributed by atoms with Crippen molar-refractivity contribution in [3.8, 4) is 0 Å². The van der Waals surface area contributed by atoms with Crippen LogP contribution in [-0.2, 0) is 4.79 Å². The van der Waals surface area contributed by atoms with Crippen molar-refractivity contribution in [1.82, 2.24) is 9.80 Å². The third-order valence-electron chi connectivity index (χ3n) is 5.22. The number of nitrogens with zero attached hydrogens (tertiary/aromatic N) is 2. The van der Waals surface area contributed by atoms with Gasteiger partial charge in [0, 0.05) is 18.9 Å². The smallest absolute Gasteiger partial charge is 0.137 e. The van der Waals surface area contributed by atoms with Crippen molar-refractivity contribution in [2.75, 3.05) is 39.3 Å². The summed E-state index contributed by atoms with van der Waals surface area (Å²) in [5, 5.41) is 0. The first kappa shape index (κ1) is 18.6. The number of rotatable bonds is 10. The Bertz CT molecular complexity index is 289. The molecule has 0 spiro atoms. The Morgan fingerprint density at radius 1 is 1.00 bits per heavy atom. The molecular formula is C18H36N2O. The lowest BCUT2D eigenvalue weighted by Gasteiger charge is -2.32. The highest BCUT2D eigenvalue weighted by Crippen LogP contribution is 2.29. The molecular weight excluding hydrogens is 260 g/mol. The van der Waals surface area contributed by atoms with Crippen molar-refractivity contribution in [2.45, 2.75) is 59.8 Å². The van der Waals surface area contributed by atoms with E-state index in [-0.39, 0.29) is 0 Å². The van der Waals surface area contributed by atoms with Crippen molar-refractivity contribution < 1.29 is 4.79 Å². The first-order valence-electron chi connectivity index (χ1n) is 9.11. The normalized spacial score (nSPS) is 23.2. The van der Waals surface area contributed by atoms with Gasteiger partial charge < -0.3 is 9.80 Å². The standard InChI is InChI=1S/C18H36N2O/c1-5-16-10-11-18(21)17(14-16)15-20(8-4)13-9-12-19(6-2)7-3/h16-17H,5-15H2,1-4H3. The molecule has 0 aromatic carbocycles. The average molecular weight is 296 g/mol. The zero-order valence-corrected chi connectivity index (χ0v) is 14.7. The highest BCUT2D eigenvalue weighted by atomic mass is 16.1. The van der Waals surface area contributed by atoms with Gasteiger partial charge in [0.25, 0.3) is 0 Å². The van der Waals surface area contributed by atoms with Gasteiger partial charge in [0.15, 0.2) is 0 Å². The van der Waals surface area contributed by atoms with Crippen LogP contribution in [0.1, 0.15) is 59.8 Å². The second-order valence-corrected chi connectivity index (χ2v) is 6.49. The van der Waals surface area contributed by atoms with Crippen LogP contribution in [0.15, 0.2) is 0 Å². The van der Waals surface area contributed by atoms with E-state index in [9.17, 15) is 4.79 Å². The number of carbonyl (C=O) groups is 1. The zero-order chi connectivity index (χ0) is 15.7. The van der Waals surface area contributed by atoms with Crippen molar-refractivity contribution in [1.29, 1.82) is 0 Å². The van der Waals surface area contributed by atoms with Crippen LogP contribution in [0.4, 0.5) is 0 Å². The molecule has 0 amide bonds. The Morgan fingerprint density at radius 2 is 1.62 bits per heavy atom. The molecule has 0 aliphatic heterocycles. The van der Waals surface area contributed by atoms with Gasteiger partial charge in [-0.2, -0.15) is 0 Å². The van der Waals surface area contributed by atoms with Gasteiger partial charge in [-0.3, -0.25) is 4.79 Å². The van der Waals surface area contributed by atoms with E-state index in [0.29, 0.717) is 11.7 Å². The second-order valence-electron chi connectivity index (χ2n) is 6.49. The first-order chi connectivity index (χ1) is 10.1. The highest BCUT2D eigenvalue weighted by Gasteiger charge is 2.28. The lowest BCUT2D eigenvalue weighted by molar-refractivity contribution is -0.126. The number of Topliss-reactive ketones (excluding diaryl/α,β-unsaturated/α-hetero) is 1. The number of carbonyl (C=O) groups excluding carboxylic acids is 1. The number of ketones is 1. The summed E-state index contributed by atoms with van der Waals surface area (Å²) in [4.78, 5) is 17.1. The molecule has 1 saturated carbocycles. The fourth-order valence-electron chi connectivity index (χ4n) is 3.50. The Hall–Kier alpha value is -0.410. The minimum Gasteiger partial charge on any atom is -0.304 e. The third-order valence-corrected chi connectivity index (χ3v) is 5.22. The quantitative estimate of drug-likeness (QED) is 0.617. The maximum Gasteiger partial charge on any atom is 0.137 e. The van der Waals surface area contributed by atoms with E-state index in [4.69, 9.17) is 0 Å². The Morgan fingerprint density at radius 3 is 2.19 bits per heavy atom. The average Bonchev–Trinajstić information content (AvgIpc) is 2.52. The highest BCUT2D eigenvalue weighted by molar-refractivity contribution is 5.81. The molecule has 2 unspecified atom stereocenters. The molecule has 0 heterocycles. The summed E-state index contributed by atoms with van der Waals surface area (Å²) in [5.74, 6) is 1.60. The minimum absolute atomic E-state index is 0.303. The third kappa shape index (κ3) is 6.48. The van der Waals surface area contributed by atoms with Crippen LogP contribution in [-0.4, -0.2) is 54.9 Å². The predicted molar refractivity (Wildman–Crippen MR) is 90.6 cm³/mol. The summed E-state index contributed by atoms with van der Waals surface area (Å²) in [6.07, 6.45) is 5.52. The fraction of sp³-hybridized carbons (Fsp3) is 0.944. The lowest BCUT2D eigenvalue weighted by atomic mass is 9.79. The van der Waals surface area contributed by atoms with Crippen molar-refractivity contribution >= 4 is 5.78 Å². The molecule has 1 fully saturated rings. The summed E-state index contributed by atoms with van der Waals surface area (Å²) in [7, 11) is 0. The molecule has 0 radical (unpaired) electrons. The van der Waals surface area contributed by atoms with Gasteiger partial charge >= 0.3 is 0 Å². The minimum atomic E-state index is 0.303. The first-order valence-corrected chi connectivity index (χ1v) is 9.11. The van der Waals surface area contributed by atoms with E-state index in [1.54, 1.807) is 0 Å². The molecule has 0 N–H and O–H groups in total. The second kappa shape index (κ2) is 10.3. The molecule has 2 atom stereocenters. The van der Waals surface area contributed by atoms with Gasteiger partial charge in [0.05, 0.1) is 0 Å². The number of hydrogen-bond acceptors (Lipinski definition) is 3. The van der Waals surface area contributed by atoms with Crippen molar-refractivity contribution in [3.63, 3.8) is 0 Å². The molecule has 0 aromatic rings. The van der Waals surface area contributed by atoms with E-state index < -0.39 is 0 Å². The van der Waals surface area contributed by atoms with E-state index >= 15 is 0 Å². The summed E-state index contributed by atoms with van der Waals surface area (Å²) in [6.45, 7) is 15.6. The van der Waals surface area contributed by atoms with E-state index in [1.807, 2.05) is 0 Å². The molecule has 3 nitrogen and oxygen atoms in total. The van der Waals surface area contributed by atoms with Crippen LogP contribution >= 0.6 is 0 Å². The summed E-state index contributed by atoms with van der Waals surface area (Å²) >= 11 is 0. The van der Waals surface area contributed by atoms with Gasteiger partial charge in [-0.1, -0.05) is 34.1 Å².